The topological polar surface area (TPSA) is 51.1 Å². The molecule has 0 aliphatic heterocycles. The molecule has 1 N–H and O–H groups in total. The zero-order chi connectivity index (χ0) is 15.9. The van der Waals surface area contributed by atoms with Crippen molar-refractivity contribution in [2.24, 2.45) is 0 Å². The molecule has 2 rings (SSSR count). The second-order valence-corrected chi connectivity index (χ2v) is 6.04. The van der Waals surface area contributed by atoms with Gasteiger partial charge >= 0.3 is 0 Å². The van der Waals surface area contributed by atoms with Crippen LogP contribution in [0, 0.1) is 6.92 Å². The summed E-state index contributed by atoms with van der Waals surface area (Å²) in [7, 11) is 0. The lowest BCUT2D eigenvalue weighted by atomic mass is 10.2. The van der Waals surface area contributed by atoms with E-state index < -0.39 is 0 Å². The summed E-state index contributed by atoms with van der Waals surface area (Å²) in [5, 5.41) is 2.89. The lowest BCUT2D eigenvalue weighted by molar-refractivity contribution is 0.0953. The van der Waals surface area contributed by atoms with E-state index in [9.17, 15) is 9.59 Å². The predicted molar refractivity (Wildman–Crippen MR) is 91.1 cm³/mol. The Morgan fingerprint density at radius 2 is 1.86 bits per heavy atom. The van der Waals surface area contributed by atoms with Crippen LogP contribution in [0.1, 0.15) is 28.9 Å². The highest BCUT2D eigenvalue weighted by molar-refractivity contribution is 9.10. The normalized spacial score (nSPS) is 10.5. The number of hydrogen-bond acceptors (Lipinski definition) is 2. The second kappa shape index (κ2) is 7.94. The summed E-state index contributed by atoms with van der Waals surface area (Å²) in [4.78, 5) is 23.6. The number of aryl methyl sites for hydroxylation is 1. The number of rotatable bonds is 6. The Morgan fingerprint density at radius 3 is 2.55 bits per heavy atom. The Morgan fingerprint density at radius 1 is 1.14 bits per heavy atom. The minimum atomic E-state index is -0.0689. The second-order valence-electron chi connectivity index (χ2n) is 5.13. The number of benzene rings is 1. The lowest BCUT2D eigenvalue weighted by Crippen LogP contribution is -2.25. The number of unbranched alkanes of at least 4 members (excludes halogenated alkanes) is 1. The number of nitrogens with zero attached hydrogens (tertiary/aromatic N) is 1. The van der Waals surface area contributed by atoms with Gasteiger partial charge in [-0.2, -0.15) is 0 Å². The SMILES string of the molecule is Cc1cccc(=O)n1CCCCNC(=O)c1ccc(Br)cc1. The molecule has 1 heterocycles. The van der Waals surface area contributed by atoms with Gasteiger partial charge in [-0.3, -0.25) is 9.59 Å². The minimum Gasteiger partial charge on any atom is -0.352 e. The monoisotopic (exact) mass is 362 g/mol. The first-order valence-corrected chi connectivity index (χ1v) is 8.07. The van der Waals surface area contributed by atoms with Gasteiger partial charge in [0, 0.05) is 34.9 Å². The van der Waals surface area contributed by atoms with Crippen LogP contribution in [-0.4, -0.2) is 17.0 Å². The quantitative estimate of drug-likeness (QED) is 0.802. The Kier molecular flexibility index (Phi) is 5.95. The third kappa shape index (κ3) is 4.56. The van der Waals surface area contributed by atoms with Gasteiger partial charge < -0.3 is 9.88 Å². The van der Waals surface area contributed by atoms with E-state index in [-0.39, 0.29) is 11.5 Å². The summed E-state index contributed by atoms with van der Waals surface area (Å²) in [6, 6.07) is 12.5. The Bertz CT molecular complexity index is 693. The molecule has 1 aromatic carbocycles. The number of aromatic nitrogens is 1. The largest absolute Gasteiger partial charge is 0.352 e. The van der Waals surface area contributed by atoms with Crippen molar-refractivity contribution in [1.82, 2.24) is 9.88 Å². The van der Waals surface area contributed by atoms with Crippen LogP contribution < -0.4 is 10.9 Å². The van der Waals surface area contributed by atoms with Gasteiger partial charge in [-0.1, -0.05) is 22.0 Å². The van der Waals surface area contributed by atoms with E-state index in [0.717, 1.165) is 23.0 Å². The van der Waals surface area contributed by atoms with Crippen molar-refractivity contribution in [3.63, 3.8) is 0 Å². The summed E-state index contributed by atoms with van der Waals surface area (Å²) in [5.74, 6) is -0.0689. The molecule has 0 fully saturated rings. The Balaban J connectivity index is 1.74. The molecule has 0 aliphatic rings. The van der Waals surface area contributed by atoms with Crippen LogP contribution in [0.5, 0.6) is 0 Å². The maximum Gasteiger partial charge on any atom is 0.251 e. The van der Waals surface area contributed by atoms with E-state index in [4.69, 9.17) is 0 Å². The molecular weight excluding hydrogens is 344 g/mol. The van der Waals surface area contributed by atoms with Gasteiger partial charge in [0.2, 0.25) is 0 Å². The van der Waals surface area contributed by atoms with Crippen LogP contribution in [0.4, 0.5) is 0 Å². The predicted octanol–water partition coefficient (Wildman–Crippen LogP) is 3.13. The molecule has 22 heavy (non-hydrogen) atoms. The average molecular weight is 363 g/mol. The van der Waals surface area contributed by atoms with Crippen LogP contribution in [0.3, 0.4) is 0 Å². The molecule has 0 aliphatic carbocycles. The first kappa shape index (κ1) is 16.5. The Hall–Kier alpha value is -1.88. The molecule has 0 radical (unpaired) electrons. The van der Waals surface area contributed by atoms with Gasteiger partial charge in [0.25, 0.3) is 11.5 Å². The van der Waals surface area contributed by atoms with Crippen molar-refractivity contribution in [3.8, 4) is 0 Å². The highest BCUT2D eigenvalue weighted by Crippen LogP contribution is 2.10. The minimum absolute atomic E-state index is 0.0268. The molecular formula is C17H19BrN2O2. The molecule has 0 unspecified atom stereocenters. The van der Waals surface area contributed by atoms with Gasteiger partial charge in [0.05, 0.1) is 0 Å². The van der Waals surface area contributed by atoms with E-state index in [0.29, 0.717) is 18.7 Å². The zero-order valence-electron chi connectivity index (χ0n) is 12.5. The third-order valence-electron chi connectivity index (χ3n) is 3.47. The van der Waals surface area contributed by atoms with Crippen molar-refractivity contribution in [2.75, 3.05) is 6.54 Å². The summed E-state index contributed by atoms with van der Waals surface area (Å²) >= 11 is 3.34. The zero-order valence-corrected chi connectivity index (χ0v) is 14.1. The Labute approximate surface area is 138 Å². The lowest BCUT2D eigenvalue weighted by Gasteiger charge is -2.09. The van der Waals surface area contributed by atoms with Crippen molar-refractivity contribution >= 4 is 21.8 Å². The van der Waals surface area contributed by atoms with E-state index in [2.05, 4.69) is 21.2 Å². The summed E-state index contributed by atoms with van der Waals surface area (Å²) in [6.45, 7) is 3.21. The van der Waals surface area contributed by atoms with Crippen molar-refractivity contribution in [1.29, 1.82) is 0 Å². The number of carbonyl (C=O) groups is 1. The summed E-state index contributed by atoms with van der Waals surface area (Å²) in [5.41, 5.74) is 1.64. The standard InChI is InChI=1S/C17H19BrN2O2/c1-13-5-4-6-16(21)20(13)12-3-2-11-19-17(22)14-7-9-15(18)10-8-14/h4-10H,2-3,11-12H2,1H3,(H,19,22). The molecule has 0 saturated carbocycles. The number of pyridine rings is 1. The van der Waals surface area contributed by atoms with Crippen LogP contribution in [0.25, 0.3) is 0 Å². The van der Waals surface area contributed by atoms with Crippen LogP contribution >= 0.6 is 15.9 Å². The van der Waals surface area contributed by atoms with Gasteiger partial charge in [-0.15, -0.1) is 0 Å². The highest BCUT2D eigenvalue weighted by Gasteiger charge is 2.04. The smallest absolute Gasteiger partial charge is 0.251 e. The maximum absolute atomic E-state index is 11.9. The average Bonchev–Trinajstić information content (AvgIpc) is 2.50. The first-order chi connectivity index (χ1) is 10.6. The van der Waals surface area contributed by atoms with Gasteiger partial charge in [0.15, 0.2) is 0 Å². The number of halogens is 1. The fourth-order valence-corrected chi connectivity index (χ4v) is 2.47. The van der Waals surface area contributed by atoms with Crippen LogP contribution in [-0.2, 0) is 6.54 Å². The van der Waals surface area contributed by atoms with E-state index >= 15 is 0 Å². The maximum atomic E-state index is 11.9. The van der Waals surface area contributed by atoms with Crippen molar-refractivity contribution in [3.05, 3.63) is 68.5 Å². The van der Waals surface area contributed by atoms with Gasteiger partial charge in [-0.25, -0.2) is 0 Å². The number of nitrogens with one attached hydrogen (secondary N) is 1. The fraction of sp³-hybridized carbons (Fsp3) is 0.294. The molecule has 0 spiro atoms. The molecule has 1 amide bonds. The molecule has 0 bridgehead atoms. The molecule has 5 heteroatoms. The molecule has 0 atom stereocenters. The van der Waals surface area contributed by atoms with Crippen molar-refractivity contribution in [2.45, 2.75) is 26.3 Å². The van der Waals surface area contributed by atoms with Gasteiger partial charge in [0.1, 0.15) is 0 Å². The van der Waals surface area contributed by atoms with E-state index in [1.807, 2.05) is 25.1 Å². The molecule has 116 valence electrons. The summed E-state index contributed by atoms with van der Waals surface area (Å²) in [6.07, 6.45) is 1.69. The van der Waals surface area contributed by atoms with Crippen LogP contribution in [0.2, 0.25) is 0 Å². The number of amides is 1. The van der Waals surface area contributed by atoms with E-state index in [1.165, 1.54) is 0 Å². The summed E-state index contributed by atoms with van der Waals surface area (Å²) < 4.78 is 2.71. The third-order valence-corrected chi connectivity index (χ3v) is 4.00. The fourth-order valence-electron chi connectivity index (χ4n) is 2.21. The number of hydrogen-bond donors (Lipinski definition) is 1. The molecule has 1 aromatic heterocycles. The molecule has 4 nitrogen and oxygen atoms in total. The highest BCUT2D eigenvalue weighted by atomic mass is 79.9. The number of carbonyl (C=O) groups excluding carboxylic acids is 1. The molecule has 0 saturated heterocycles. The van der Waals surface area contributed by atoms with Gasteiger partial charge in [-0.05, 0) is 50.1 Å². The van der Waals surface area contributed by atoms with Crippen molar-refractivity contribution < 1.29 is 4.79 Å². The first-order valence-electron chi connectivity index (χ1n) is 7.28. The van der Waals surface area contributed by atoms with Crippen LogP contribution in [0.15, 0.2) is 51.7 Å². The van der Waals surface area contributed by atoms with E-state index in [1.54, 1.807) is 28.8 Å². The molecule has 2 aromatic rings.